The molecule has 0 spiro atoms. The van der Waals surface area contributed by atoms with Crippen molar-refractivity contribution >= 4 is 6.09 Å². The van der Waals surface area contributed by atoms with E-state index >= 15 is 0 Å². The molecule has 1 amide bonds. The number of hydrogen-bond acceptors (Lipinski definition) is 3. The average Bonchev–Trinajstić information content (AvgIpc) is 2.15. The Morgan fingerprint density at radius 2 is 2.12 bits per heavy atom. The van der Waals surface area contributed by atoms with Crippen molar-refractivity contribution in [2.45, 2.75) is 58.7 Å². The summed E-state index contributed by atoms with van der Waals surface area (Å²) in [6, 6.07) is 0.598. The van der Waals surface area contributed by atoms with Crippen LogP contribution in [-0.2, 0) is 4.74 Å². The van der Waals surface area contributed by atoms with Crippen LogP contribution in [0.1, 0.15) is 41.0 Å². The van der Waals surface area contributed by atoms with Gasteiger partial charge in [-0.15, -0.1) is 0 Å². The second kappa shape index (κ2) is 5.04. The summed E-state index contributed by atoms with van der Waals surface area (Å²) in [5, 5.41) is 3.42. The molecule has 1 heterocycles. The van der Waals surface area contributed by atoms with E-state index in [1.807, 2.05) is 32.6 Å². The molecule has 0 aromatic heterocycles. The van der Waals surface area contributed by atoms with Crippen molar-refractivity contribution in [2.75, 3.05) is 13.1 Å². The van der Waals surface area contributed by atoms with E-state index in [1.165, 1.54) is 0 Å². The number of piperazine rings is 1. The molecule has 1 fully saturated rings. The van der Waals surface area contributed by atoms with E-state index in [0.717, 1.165) is 19.5 Å². The van der Waals surface area contributed by atoms with Gasteiger partial charge in [0.15, 0.2) is 0 Å². The first kappa shape index (κ1) is 13.3. The van der Waals surface area contributed by atoms with Crippen LogP contribution < -0.4 is 5.32 Å². The molecule has 0 radical (unpaired) electrons. The molecule has 4 heteroatoms. The molecule has 16 heavy (non-hydrogen) atoms. The van der Waals surface area contributed by atoms with Crippen LogP contribution in [0.15, 0.2) is 0 Å². The summed E-state index contributed by atoms with van der Waals surface area (Å²) in [6.45, 7) is 11.5. The maximum absolute atomic E-state index is 12.0. The van der Waals surface area contributed by atoms with Crippen LogP contribution in [0.5, 0.6) is 0 Å². The van der Waals surface area contributed by atoms with Crippen LogP contribution in [0, 0.1) is 0 Å². The average molecular weight is 228 g/mol. The summed E-state index contributed by atoms with van der Waals surface area (Å²) in [7, 11) is 0. The van der Waals surface area contributed by atoms with E-state index in [-0.39, 0.29) is 12.1 Å². The highest BCUT2D eigenvalue weighted by Gasteiger charge is 2.30. The molecular weight excluding hydrogens is 204 g/mol. The first-order chi connectivity index (χ1) is 7.33. The lowest BCUT2D eigenvalue weighted by Gasteiger charge is -2.39. The lowest BCUT2D eigenvalue weighted by atomic mass is 10.1. The fourth-order valence-electron chi connectivity index (χ4n) is 1.78. The van der Waals surface area contributed by atoms with E-state index in [2.05, 4.69) is 12.2 Å². The van der Waals surface area contributed by atoms with Gasteiger partial charge in [-0.2, -0.15) is 0 Å². The SMILES string of the molecule is CC[C@@H]1CN(C(=O)OC(C)(C)C)[C@H](C)CN1. The lowest BCUT2D eigenvalue weighted by Crippen LogP contribution is -2.57. The van der Waals surface area contributed by atoms with Gasteiger partial charge in [0.25, 0.3) is 0 Å². The zero-order chi connectivity index (χ0) is 12.3. The summed E-state index contributed by atoms with van der Waals surface area (Å²) in [5.74, 6) is 0. The minimum atomic E-state index is -0.413. The molecule has 0 aromatic carbocycles. The first-order valence-corrected chi connectivity index (χ1v) is 6.06. The summed E-state index contributed by atoms with van der Waals surface area (Å²) in [4.78, 5) is 13.8. The van der Waals surface area contributed by atoms with E-state index in [9.17, 15) is 4.79 Å². The molecule has 1 aliphatic heterocycles. The third-order valence-electron chi connectivity index (χ3n) is 2.77. The van der Waals surface area contributed by atoms with Gasteiger partial charge in [-0.1, -0.05) is 6.92 Å². The van der Waals surface area contributed by atoms with Gasteiger partial charge in [0.1, 0.15) is 5.60 Å². The van der Waals surface area contributed by atoms with Crippen LogP contribution in [0.2, 0.25) is 0 Å². The van der Waals surface area contributed by atoms with Crippen LogP contribution in [0.25, 0.3) is 0 Å². The van der Waals surface area contributed by atoms with Crippen LogP contribution >= 0.6 is 0 Å². The molecule has 0 saturated carbocycles. The van der Waals surface area contributed by atoms with Gasteiger partial charge < -0.3 is 15.0 Å². The predicted molar refractivity (Wildman–Crippen MR) is 64.5 cm³/mol. The zero-order valence-electron chi connectivity index (χ0n) is 11.0. The lowest BCUT2D eigenvalue weighted by molar-refractivity contribution is 0.00952. The maximum Gasteiger partial charge on any atom is 0.410 e. The number of amides is 1. The molecule has 1 aliphatic rings. The Balaban J connectivity index is 2.59. The van der Waals surface area contributed by atoms with Crippen LogP contribution in [-0.4, -0.2) is 41.8 Å². The Morgan fingerprint density at radius 1 is 1.50 bits per heavy atom. The van der Waals surface area contributed by atoms with E-state index in [4.69, 9.17) is 4.74 Å². The number of hydrogen-bond donors (Lipinski definition) is 1. The highest BCUT2D eigenvalue weighted by atomic mass is 16.6. The zero-order valence-corrected chi connectivity index (χ0v) is 11.0. The quantitative estimate of drug-likeness (QED) is 0.746. The van der Waals surface area contributed by atoms with Crippen molar-refractivity contribution in [1.29, 1.82) is 0 Å². The van der Waals surface area contributed by atoms with Gasteiger partial charge >= 0.3 is 6.09 Å². The Morgan fingerprint density at radius 3 is 2.62 bits per heavy atom. The number of carbonyl (C=O) groups is 1. The minimum Gasteiger partial charge on any atom is -0.444 e. The standard InChI is InChI=1S/C12H24N2O2/c1-6-10-8-14(9(2)7-13-10)11(15)16-12(3,4)5/h9-10,13H,6-8H2,1-5H3/t9-,10-/m1/s1. The molecule has 2 atom stereocenters. The fraction of sp³-hybridized carbons (Fsp3) is 0.917. The topological polar surface area (TPSA) is 41.6 Å². The molecule has 4 nitrogen and oxygen atoms in total. The Labute approximate surface area is 98.3 Å². The molecule has 0 aliphatic carbocycles. The Kier molecular flexibility index (Phi) is 4.19. The smallest absolute Gasteiger partial charge is 0.410 e. The maximum atomic E-state index is 12.0. The predicted octanol–water partition coefficient (Wildman–Crippen LogP) is 1.99. The van der Waals surface area contributed by atoms with Crippen LogP contribution in [0.3, 0.4) is 0 Å². The molecule has 1 saturated heterocycles. The number of carbonyl (C=O) groups excluding carboxylic acids is 1. The summed E-state index contributed by atoms with van der Waals surface area (Å²) in [5.41, 5.74) is -0.413. The molecule has 1 N–H and O–H groups in total. The van der Waals surface area contributed by atoms with Crippen molar-refractivity contribution in [1.82, 2.24) is 10.2 Å². The van der Waals surface area contributed by atoms with Gasteiger partial charge in [0.05, 0.1) is 0 Å². The van der Waals surface area contributed by atoms with Gasteiger partial charge in [0.2, 0.25) is 0 Å². The highest BCUT2D eigenvalue weighted by molar-refractivity contribution is 5.68. The Bertz CT molecular complexity index is 248. The minimum absolute atomic E-state index is 0.194. The summed E-state index contributed by atoms with van der Waals surface area (Å²) < 4.78 is 5.40. The highest BCUT2D eigenvalue weighted by Crippen LogP contribution is 2.15. The molecule has 0 bridgehead atoms. The second-order valence-electron chi connectivity index (χ2n) is 5.50. The largest absolute Gasteiger partial charge is 0.444 e. The fourth-order valence-corrected chi connectivity index (χ4v) is 1.78. The third-order valence-corrected chi connectivity index (χ3v) is 2.77. The van der Waals surface area contributed by atoms with E-state index in [0.29, 0.717) is 6.04 Å². The number of ether oxygens (including phenoxy) is 1. The van der Waals surface area contributed by atoms with Crippen molar-refractivity contribution in [3.63, 3.8) is 0 Å². The summed E-state index contributed by atoms with van der Waals surface area (Å²) >= 11 is 0. The monoisotopic (exact) mass is 228 g/mol. The summed E-state index contributed by atoms with van der Waals surface area (Å²) in [6.07, 6.45) is 0.839. The van der Waals surface area contributed by atoms with Gasteiger partial charge in [-0.3, -0.25) is 0 Å². The molecule has 0 aromatic rings. The van der Waals surface area contributed by atoms with Gasteiger partial charge in [-0.05, 0) is 34.1 Å². The second-order valence-corrected chi connectivity index (χ2v) is 5.50. The van der Waals surface area contributed by atoms with Crippen molar-refractivity contribution in [3.8, 4) is 0 Å². The normalized spacial score (nSPS) is 26.7. The van der Waals surface area contributed by atoms with Crippen LogP contribution in [0.4, 0.5) is 4.79 Å². The van der Waals surface area contributed by atoms with E-state index in [1.54, 1.807) is 0 Å². The molecule has 1 rings (SSSR count). The third kappa shape index (κ3) is 3.67. The van der Waals surface area contributed by atoms with E-state index < -0.39 is 5.60 Å². The van der Waals surface area contributed by atoms with Crippen molar-refractivity contribution in [2.24, 2.45) is 0 Å². The first-order valence-electron chi connectivity index (χ1n) is 6.06. The number of rotatable bonds is 1. The van der Waals surface area contributed by atoms with Crippen molar-refractivity contribution in [3.05, 3.63) is 0 Å². The molecule has 94 valence electrons. The van der Waals surface area contributed by atoms with Crippen molar-refractivity contribution < 1.29 is 9.53 Å². The number of nitrogens with one attached hydrogen (secondary N) is 1. The molecule has 0 unspecified atom stereocenters. The molecular formula is C12H24N2O2. The Hall–Kier alpha value is -0.770. The number of nitrogens with zero attached hydrogens (tertiary/aromatic N) is 1. The van der Waals surface area contributed by atoms with Gasteiger partial charge in [-0.25, -0.2) is 4.79 Å². The van der Waals surface area contributed by atoms with Gasteiger partial charge in [0, 0.05) is 25.2 Å².